The molecule has 4 fully saturated rings. The summed E-state index contributed by atoms with van der Waals surface area (Å²) in [4.78, 5) is 30.8. The molecule has 4 aliphatic rings. The van der Waals surface area contributed by atoms with Crippen molar-refractivity contribution in [3.05, 3.63) is 71.4 Å². The Morgan fingerprint density at radius 2 is 1.77 bits per heavy atom. The van der Waals surface area contributed by atoms with Gasteiger partial charge in [-0.3, -0.25) is 9.78 Å². The van der Waals surface area contributed by atoms with Crippen LogP contribution in [0, 0.1) is 17.3 Å². The number of hydrogen-bond donors (Lipinski definition) is 2. The Kier molecular flexibility index (Phi) is 6.59. The first-order valence-corrected chi connectivity index (χ1v) is 14.1. The number of carboxylic acids is 1. The molecular formula is C30H28BrF3N2O4. The summed E-state index contributed by atoms with van der Waals surface area (Å²) in [7, 11) is 0. The number of carboxylic acid groups (broad SMARTS) is 1. The third-order valence-electron chi connectivity index (χ3n) is 8.81. The number of benzene rings is 2. The van der Waals surface area contributed by atoms with E-state index in [9.17, 15) is 27.9 Å². The molecule has 4 aliphatic carbocycles. The third-order valence-corrected chi connectivity index (χ3v) is 9.73. The highest BCUT2D eigenvalue weighted by atomic mass is 79.9. The van der Waals surface area contributed by atoms with Gasteiger partial charge in [0, 0.05) is 21.3 Å². The number of pyridine rings is 1. The van der Waals surface area contributed by atoms with E-state index in [0.717, 1.165) is 44.2 Å². The van der Waals surface area contributed by atoms with E-state index in [1.807, 2.05) is 0 Å². The molecule has 1 amide bonds. The van der Waals surface area contributed by atoms with E-state index in [4.69, 9.17) is 4.74 Å². The van der Waals surface area contributed by atoms with Gasteiger partial charge >= 0.3 is 12.1 Å². The van der Waals surface area contributed by atoms with Crippen LogP contribution in [0.25, 0.3) is 10.9 Å². The maximum atomic E-state index is 13.7. The number of alkyl halides is 4. The van der Waals surface area contributed by atoms with Crippen LogP contribution in [0.1, 0.15) is 60.0 Å². The second-order valence-corrected chi connectivity index (χ2v) is 13.4. The molecule has 3 aromatic rings. The van der Waals surface area contributed by atoms with Crippen molar-refractivity contribution < 1.29 is 32.6 Å². The fraction of sp³-hybridized carbons (Fsp3) is 0.433. The second-order valence-electron chi connectivity index (χ2n) is 11.7. The molecule has 7 rings (SSSR count). The van der Waals surface area contributed by atoms with Crippen LogP contribution in [0.4, 0.5) is 13.2 Å². The van der Waals surface area contributed by atoms with Gasteiger partial charge in [0.15, 0.2) is 5.75 Å². The van der Waals surface area contributed by atoms with E-state index in [1.54, 1.807) is 30.5 Å². The zero-order chi connectivity index (χ0) is 28.3. The molecular weight excluding hydrogens is 589 g/mol. The number of amides is 1. The molecule has 0 aliphatic heterocycles. The van der Waals surface area contributed by atoms with Crippen molar-refractivity contribution in [3.8, 4) is 5.75 Å². The highest BCUT2D eigenvalue weighted by Gasteiger charge is 2.61. The Morgan fingerprint density at radius 1 is 1.07 bits per heavy atom. The number of aromatic nitrogens is 1. The fourth-order valence-electron chi connectivity index (χ4n) is 7.63. The van der Waals surface area contributed by atoms with Gasteiger partial charge in [-0.2, -0.15) is 13.2 Å². The molecule has 4 bridgehead atoms. The largest absolute Gasteiger partial charge is 0.486 e. The number of carbonyl (C=O) groups excluding carboxylic acids is 1. The first-order chi connectivity index (χ1) is 18.9. The topological polar surface area (TPSA) is 88.5 Å². The first-order valence-electron chi connectivity index (χ1n) is 13.3. The molecule has 2 aromatic carbocycles. The van der Waals surface area contributed by atoms with Crippen molar-refractivity contribution in [2.45, 2.75) is 61.7 Å². The molecule has 6 nitrogen and oxygen atoms in total. The van der Waals surface area contributed by atoms with Gasteiger partial charge in [0.05, 0.1) is 11.1 Å². The monoisotopic (exact) mass is 616 g/mol. The molecule has 3 unspecified atom stereocenters. The van der Waals surface area contributed by atoms with Crippen molar-refractivity contribution in [2.24, 2.45) is 17.3 Å². The van der Waals surface area contributed by atoms with Crippen molar-refractivity contribution in [1.82, 2.24) is 10.3 Å². The lowest BCUT2D eigenvalue weighted by Gasteiger charge is -2.61. The number of ether oxygens (including phenoxy) is 1. The maximum Gasteiger partial charge on any atom is 0.416 e. The Balaban J connectivity index is 1.29. The number of rotatable bonds is 7. The van der Waals surface area contributed by atoms with Gasteiger partial charge in [0.1, 0.15) is 18.2 Å². The molecule has 1 heterocycles. The normalized spacial score (nSPS) is 27.9. The van der Waals surface area contributed by atoms with Crippen molar-refractivity contribution >= 4 is 38.7 Å². The Hall–Kier alpha value is -3.14. The lowest BCUT2D eigenvalue weighted by Crippen LogP contribution is -2.63. The van der Waals surface area contributed by atoms with Crippen LogP contribution in [0.2, 0.25) is 0 Å². The summed E-state index contributed by atoms with van der Waals surface area (Å²) in [6.07, 6.45) is 2.51. The summed E-state index contributed by atoms with van der Waals surface area (Å²) in [5.74, 6) is -0.611. The minimum Gasteiger partial charge on any atom is -0.486 e. The van der Waals surface area contributed by atoms with Gasteiger partial charge in [0.2, 0.25) is 0 Å². The average molecular weight is 617 g/mol. The van der Waals surface area contributed by atoms with Crippen LogP contribution in [0.3, 0.4) is 0 Å². The van der Waals surface area contributed by atoms with E-state index >= 15 is 0 Å². The number of aliphatic carboxylic acids is 1. The van der Waals surface area contributed by atoms with Crippen molar-refractivity contribution in [1.29, 1.82) is 0 Å². The lowest BCUT2D eigenvalue weighted by atomic mass is 9.47. The van der Waals surface area contributed by atoms with Gasteiger partial charge in [-0.05, 0) is 80.2 Å². The molecule has 0 spiro atoms. The summed E-state index contributed by atoms with van der Waals surface area (Å²) in [6, 6.07) is 10.4. The first kappa shape index (κ1) is 27.1. The van der Waals surface area contributed by atoms with Crippen LogP contribution in [-0.4, -0.2) is 32.3 Å². The van der Waals surface area contributed by atoms with E-state index in [0.29, 0.717) is 34.7 Å². The molecule has 1 aromatic heterocycles. The number of hydrogen-bond acceptors (Lipinski definition) is 4. The number of halogens is 4. The lowest BCUT2D eigenvalue weighted by molar-refractivity contribution is -0.149. The minimum absolute atomic E-state index is 0.0850. The van der Waals surface area contributed by atoms with Crippen LogP contribution >= 0.6 is 15.9 Å². The van der Waals surface area contributed by atoms with Gasteiger partial charge in [-0.15, -0.1) is 0 Å². The molecule has 10 heteroatoms. The maximum absolute atomic E-state index is 13.7. The van der Waals surface area contributed by atoms with Crippen molar-refractivity contribution in [3.63, 3.8) is 0 Å². The third kappa shape index (κ3) is 4.95. The van der Waals surface area contributed by atoms with Crippen LogP contribution < -0.4 is 10.1 Å². The fourth-order valence-corrected chi connectivity index (χ4v) is 9.11. The molecule has 0 radical (unpaired) electrons. The predicted molar refractivity (Wildman–Crippen MR) is 145 cm³/mol. The number of nitrogens with one attached hydrogen (secondary N) is 1. The van der Waals surface area contributed by atoms with E-state index < -0.39 is 35.1 Å². The summed E-state index contributed by atoms with van der Waals surface area (Å²) >= 11 is 3.92. The highest BCUT2D eigenvalue weighted by Crippen LogP contribution is 2.65. The van der Waals surface area contributed by atoms with Gasteiger partial charge in [-0.1, -0.05) is 40.2 Å². The molecule has 40 heavy (non-hydrogen) atoms. The van der Waals surface area contributed by atoms with Crippen LogP contribution in [-0.2, 0) is 17.6 Å². The van der Waals surface area contributed by atoms with E-state index in [2.05, 4.69) is 26.2 Å². The molecule has 210 valence electrons. The minimum atomic E-state index is -4.45. The summed E-state index contributed by atoms with van der Waals surface area (Å²) in [6.45, 7) is -0.101. The SMILES string of the molecule is O=C(NC(C(=O)O)C12CC3CC(CC(Br)(C3)C1)C2)c1ccc2cccnc2c1OCc1ccc(C(F)(F)F)cc1. The highest BCUT2D eigenvalue weighted by molar-refractivity contribution is 9.10. The van der Waals surface area contributed by atoms with Gasteiger partial charge in [0.25, 0.3) is 5.91 Å². The van der Waals surface area contributed by atoms with Gasteiger partial charge in [-0.25, -0.2) is 4.79 Å². The Morgan fingerprint density at radius 3 is 2.40 bits per heavy atom. The van der Waals surface area contributed by atoms with Crippen molar-refractivity contribution in [2.75, 3.05) is 0 Å². The van der Waals surface area contributed by atoms with Gasteiger partial charge < -0.3 is 15.2 Å². The molecule has 3 atom stereocenters. The van der Waals surface area contributed by atoms with E-state index in [1.165, 1.54) is 12.1 Å². The van der Waals surface area contributed by atoms with Crippen LogP contribution in [0.5, 0.6) is 5.75 Å². The number of nitrogens with zero attached hydrogens (tertiary/aromatic N) is 1. The average Bonchev–Trinajstić information content (AvgIpc) is 2.88. The molecule has 4 saturated carbocycles. The summed E-state index contributed by atoms with van der Waals surface area (Å²) < 4.78 is 44.9. The smallest absolute Gasteiger partial charge is 0.416 e. The number of fused-ring (bicyclic) bond motifs is 1. The second kappa shape index (κ2) is 9.75. The van der Waals surface area contributed by atoms with Crippen LogP contribution in [0.15, 0.2) is 54.7 Å². The summed E-state index contributed by atoms with van der Waals surface area (Å²) in [5.41, 5.74) is -0.290. The Bertz CT molecular complexity index is 1460. The van der Waals surface area contributed by atoms with E-state index in [-0.39, 0.29) is 22.2 Å². The zero-order valence-electron chi connectivity index (χ0n) is 21.5. The zero-order valence-corrected chi connectivity index (χ0v) is 23.1. The standard InChI is InChI=1S/C30H28BrF3N2O4/c31-29-13-18-10-19(14-29)12-28(11-18,16-29)25(27(38)39)36-26(37)22-8-5-20-2-1-9-35-23(20)24(22)40-15-17-3-6-21(7-4-17)30(32,33)34/h1-9,18-19,25H,10-16H2,(H,36,37)(H,38,39). The Labute approximate surface area is 237 Å². The number of carbonyl (C=O) groups is 2. The predicted octanol–water partition coefficient (Wildman–Crippen LogP) is 6.75. The quantitative estimate of drug-likeness (QED) is 0.287. The summed E-state index contributed by atoms with van der Waals surface area (Å²) in [5, 5.41) is 13.9. The molecule has 0 saturated heterocycles. The molecule has 2 N–H and O–H groups in total.